The fourth-order valence-electron chi connectivity index (χ4n) is 3.06. The van der Waals surface area contributed by atoms with Crippen molar-refractivity contribution in [1.82, 2.24) is 18.7 Å². The standard InChI is InChI=1S/C18H21N5O3/c1-5-12-8-6-7-11(2)14(12)20-13(24)9-23-17(25)15-16(19-10-21(15)3)22(4)18(23)26/h6-8,10H,5,9H2,1-4H3,(H,20,24). The molecule has 1 N–H and O–H groups in total. The molecule has 1 aromatic carbocycles. The molecule has 3 aromatic rings. The number of fused-ring (bicyclic) bond motifs is 1. The fraction of sp³-hybridized carbons (Fsp3) is 0.333. The van der Waals surface area contributed by atoms with Gasteiger partial charge >= 0.3 is 5.69 Å². The largest absolute Gasteiger partial charge is 0.332 e. The fourth-order valence-corrected chi connectivity index (χ4v) is 3.06. The minimum Gasteiger partial charge on any atom is -0.328 e. The SMILES string of the molecule is CCc1cccc(C)c1NC(=O)Cn1c(=O)c2c(ncn2C)n(C)c1=O. The van der Waals surface area contributed by atoms with Crippen LogP contribution in [0.1, 0.15) is 18.1 Å². The first kappa shape index (κ1) is 17.7. The molecule has 0 saturated heterocycles. The highest BCUT2D eigenvalue weighted by Gasteiger charge is 2.17. The van der Waals surface area contributed by atoms with Gasteiger partial charge in [0.2, 0.25) is 5.91 Å². The molecule has 0 saturated carbocycles. The van der Waals surface area contributed by atoms with Crippen LogP contribution in [0.4, 0.5) is 5.69 Å². The van der Waals surface area contributed by atoms with Gasteiger partial charge in [-0.2, -0.15) is 0 Å². The van der Waals surface area contributed by atoms with E-state index in [1.807, 2.05) is 32.0 Å². The maximum absolute atomic E-state index is 12.7. The Hall–Kier alpha value is -3.16. The van der Waals surface area contributed by atoms with Crippen molar-refractivity contribution in [2.75, 3.05) is 5.32 Å². The van der Waals surface area contributed by atoms with Crippen molar-refractivity contribution in [3.8, 4) is 0 Å². The Balaban J connectivity index is 2.00. The minimum atomic E-state index is -0.572. The molecule has 0 atom stereocenters. The Bertz CT molecular complexity index is 1120. The highest BCUT2D eigenvalue weighted by molar-refractivity contribution is 5.92. The molecule has 3 rings (SSSR count). The van der Waals surface area contributed by atoms with E-state index in [1.54, 1.807) is 11.6 Å². The van der Waals surface area contributed by atoms with E-state index in [0.29, 0.717) is 5.65 Å². The molecule has 0 spiro atoms. The van der Waals surface area contributed by atoms with Crippen molar-refractivity contribution >= 4 is 22.8 Å². The first-order valence-electron chi connectivity index (χ1n) is 8.34. The summed E-state index contributed by atoms with van der Waals surface area (Å²) in [6.07, 6.45) is 2.23. The number of para-hydroxylation sites is 1. The second-order valence-electron chi connectivity index (χ2n) is 6.27. The number of imidazole rings is 1. The summed E-state index contributed by atoms with van der Waals surface area (Å²) < 4.78 is 3.75. The van der Waals surface area contributed by atoms with Gasteiger partial charge in [0.15, 0.2) is 11.2 Å². The summed E-state index contributed by atoms with van der Waals surface area (Å²) in [6, 6.07) is 5.78. The molecule has 0 unspecified atom stereocenters. The van der Waals surface area contributed by atoms with E-state index in [-0.39, 0.29) is 12.1 Å². The van der Waals surface area contributed by atoms with Crippen LogP contribution in [0.15, 0.2) is 34.1 Å². The van der Waals surface area contributed by atoms with Crippen LogP contribution in [0.25, 0.3) is 11.2 Å². The number of benzene rings is 1. The van der Waals surface area contributed by atoms with E-state index in [2.05, 4.69) is 10.3 Å². The summed E-state index contributed by atoms with van der Waals surface area (Å²) in [6.45, 7) is 3.55. The Morgan fingerprint density at radius 2 is 1.96 bits per heavy atom. The second-order valence-corrected chi connectivity index (χ2v) is 6.27. The zero-order valence-corrected chi connectivity index (χ0v) is 15.2. The third-order valence-corrected chi connectivity index (χ3v) is 4.51. The summed E-state index contributed by atoms with van der Waals surface area (Å²) in [7, 11) is 3.20. The number of aromatic nitrogens is 4. The van der Waals surface area contributed by atoms with Gasteiger partial charge in [0, 0.05) is 19.8 Å². The van der Waals surface area contributed by atoms with E-state index in [0.717, 1.165) is 27.8 Å². The van der Waals surface area contributed by atoms with Gasteiger partial charge in [-0.3, -0.25) is 14.2 Å². The molecule has 0 bridgehead atoms. The van der Waals surface area contributed by atoms with Crippen LogP contribution in [0.3, 0.4) is 0 Å². The molecule has 0 aliphatic heterocycles. The highest BCUT2D eigenvalue weighted by atomic mass is 16.2. The average molecular weight is 355 g/mol. The molecule has 0 aliphatic rings. The number of nitrogens with one attached hydrogen (secondary N) is 1. The number of carbonyl (C=O) groups excluding carboxylic acids is 1. The second kappa shape index (κ2) is 6.62. The van der Waals surface area contributed by atoms with Gasteiger partial charge in [-0.15, -0.1) is 0 Å². The third kappa shape index (κ3) is 2.83. The Labute approximate surface area is 149 Å². The van der Waals surface area contributed by atoms with Gasteiger partial charge in [-0.1, -0.05) is 25.1 Å². The summed E-state index contributed by atoms with van der Waals surface area (Å²) in [4.78, 5) is 41.8. The summed E-state index contributed by atoms with van der Waals surface area (Å²) in [5.74, 6) is -0.422. The van der Waals surface area contributed by atoms with Crippen molar-refractivity contribution in [2.24, 2.45) is 14.1 Å². The van der Waals surface area contributed by atoms with Gasteiger partial charge in [-0.05, 0) is 24.5 Å². The Morgan fingerprint density at radius 3 is 2.65 bits per heavy atom. The number of nitrogens with zero attached hydrogens (tertiary/aromatic N) is 4. The molecule has 26 heavy (non-hydrogen) atoms. The quantitative estimate of drug-likeness (QED) is 0.754. The number of anilines is 1. The predicted octanol–water partition coefficient (Wildman–Crippen LogP) is 0.943. The lowest BCUT2D eigenvalue weighted by molar-refractivity contribution is -0.116. The van der Waals surface area contributed by atoms with Crippen molar-refractivity contribution in [3.63, 3.8) is 0 Å². The number of rotatable bonds is 4. The van der Waals surface area contributed by atoms with E-state index in [1.165, 1.54) is 17.9 Å². The van der Waals surface area contributed by atoms with Crippen LogP contribution in [0, 0.1) is 6.92 Å². The molecule has 0 radical (unpaired) electrons. The van der Waals surface area contributed by atoms with E-state index in [4.69, 9.17) is 0 Å². The summed E-state index contributed by atoms with van der Waals surface area (Å²) in [5.41, 5.74) is 2.14. The number of amides is 1. The predicted molar refractivity (Wildman–Crippen MR) is 99.4 cm³/mol. The van der Waals surface area contributed by atoms with Crippen molar-refractivity contribution in [1.29, 1.82) is 0 Å². The molecule has 8 heteroatoms. The molecule has 0 fully saturated rings. The average Bonchev–Trinajstić information content (AvgIpc) is 3.00. The van der Waals surface area contributed by atoms with Crippen LogP contribution >= 0.6 is 0 Å². The van der Waals surface area contributed by atoms with Crippen molar-refractivity contribution in [2.45, 2.75) is 26.8 Å². The summed E-state index contributed by atoms with van der Waals surface area (Å²) in [5, 5.41) is 2.84. The molecular formula is C18H21N5O3. The molecule has 2 aromatic heterocycles. The van der Waals surface area contributed by atoms with Crippen LogP contribution < -0.4 is 16.6 Å². The first-order valence-corrected chi connectivity index (χ1v) is 8.34. The number of carbonyl (C=O) groups is 1. The smallest absolute Gasteiger partial charge is 0.328 e. The first-order chi connectivity index (χ1) is 12.3. The zero-order valence-electron chi connectivity index (χ0n) is 15.2. The monoisotopic (exact) mass is 355 g/mol. The van der Waals surface area contributed by atoms with Crippen molar-refractivity contribution < 1.29 is 4.79 Å². The van der Waals surface area contributed by atoms with Gasteiger partial charge in [0.05, 0.1) is 6.33 Å². The van der Waals surface area contributed by atoms with Crippen LogP contribution in [-0.2, 0) is 31.9 Å². The molecule has 136 valence electrons. The van der Waals surface area contributed by atoms with Crippen LogP contribution in [0.2, 0.25) is 0 Å². The Kier molecular flexibility index (Phi) is 4.50. The maximum Gasteiger partial charge on any atom is 0.332 e. The minimum absolute atomic E-state index is 0.282. The molecule has 2 heterocycles. The van der Waals surface area contributed by atoms with Gasteiger partial charge in [0.1, 0.15) is 6.54 Å². The van der Waals surface area contributed by atoms with Gasteiger partial charge < -0.3 is 9.88 Å². The third-order valence-electron chi connectivity index (χ3n) is 4.51. The number of hydrogen-bond acceptors (Lipinski definition) is 4. The van der Waals surface area contributed by atoms with Gasteiger partial charge in [0.25, 0.3) is 5.56 Å². The molecule has 1 amide bonds. The topological polar surface area (TPSA) is 90.9 Å². The highest BCUT2D eigenvalue weighted by Crippen LogP contribution is 2.20. The van der Waals surface area contributed by atoms with Gasteiger partial charge in [-0.25, -0.2) is 14.3 Å². The lowest BCUT2D eigenvalue weighted by atomic mass is 10.1. The van der Waals surface area contributed by atoms with E-state index in [9.17, 15) is 14.4 Å². The zero-order chi connectivity index (χ0) is 19.0. The number of hydrogen-bond donors (Lipinski definition) is 1. The number of aryl methyl sites for hydroxylation is 4. The Morgan fingerprint density at radius 1 is 1.23 bits per heavy atom. The van der Waals surface area contributed by atoms with E-state index >= 15 is 0 Å². The lowest BCUT2D eigenvalue weighted by Crippen LogP contribution is -2.42. The molecular weight excluding hydrogens is 334 g/mol. The maximum atomic E-state index is 12.7. The normalized spacial score (nSPS) is 11.1. The van der Waals surface area contributed by atoms with Crippen LogP contribution in [0.5, 0.6) is 0 Å². The molecule has 8 nitrogen and oxygen atoms in total. The molecule has 0 aliphatic carbocycles. The van der Waals surface area contributed by atoms with E-state index < -0.39 is 17.2 Å². The summed E-state index contributed by atoms with van der Waals surface area (Å²) >= 11 is 0. The lowest BCUT2D eigenvalue weighted by Gasteiger charge is -2.14. The van der Waals surface area contributed by atoms with Crippen LogP contribution in [-0.4, -0.2) is 24.6 Å². The van der Waals surface area contributed by atoms with Crippen molar-refractivity contribution in [3.05, 3.63) is 56.5 Å².